The molecule has 1 saturated heterocycles. The van der Waals surface area contributed by atoms with Gasteiger partial charge in [-0.15, -0.1) is 0 Å². The molecule has 0 aromatic rings. The number of hydrogen-bond acceptors (Lipinski definition) is 5. The highest BCUT2D eigenvalue weighted by molar-refractivity contribution is 5.38. The van der Waals surface area contributed by atoms with Gasteiger partial charge in [0.05, 0.1) is 0 Å². The number of nitrogens with two attached hydrogens (primary N) is 1. The Morgan fingerprint density at radius 3 is 2.47 bits per heavy atom. The number of nitrogens with one attached hydrogen (secondary N) is 1. The lowest BCUT2D eigenvalue weighted by molar-refractivity contribution is -0.142. The molecule has 17 heavy (non-hydrogen) atoms. The number of nitrogens with zero attached hydrogens (tertiary/aromatic N) is 1. The summed E-state index contributed by atoms with van der Waals surface area (Å²) >= 11 is 0. The number of carbonyl (C=O) groups excluding carboxylic acids is 1. The lowest BCUT2D eigenvalue weighted by Gasteiger charge is -2.42. The first kappa shape index (κ1) is 14.4. The summed E-state index contributed by atoms with van der Waals surface area (Å²) in [5.41, 5.74) is 5.49. The monoisotopic (exact) mass is 243 g/mol. The Bertz CT molecular complexity index is 242. The number of carbonyl (C=O) groups is 1. The Balaban J connectivity index is 2.44. The topological polar surface area (TPSA) is 67.6 Å². The zero-order valence-corrected chi connectivity index (χ0v) is 11.2. The van der Waals surface area contributed by atoms with Crippen molar-refractivity contribution in [1.82, 2.24) is 10.2 Å². The van der Waals surface area contributed by atoms with Gasteiger partial charge in [0.2, 0.25) is 0 Å². The molecule has 0 saturated carbocycles. The van der Waals surface area contributed by atoms with Crippen molar-refractivity contribution in [3.63, 3.8) is 0 Å². The number of rotatable bonds is 6. The molecular weight excluding hydrogens is 218 g/mol. The molecule has 0 unspecified atom stereocenters. The van der Waals surface area contributed by atoms with Crippen molar-refractivity contribution in [1.29, 1.82) is 0 Å². The van der Waals surface area contributed by atoms with E-state index in [0.717, 1.165) is 32.5 Å². The first-order valence-electron chi connectivity index (χ1n) is 6.20. The summed E-state index contributed by atoms with van der Waals surface area (Å²) in [7, 11) is 1.97. The van der Waals surface area contributed by atoms with Crippen LogP contribution in [0, 0.1) is 0 Å². The number of likely N-dealkylation sites (tertiary alicyclic amines) is 1. The molecule has 5 nitrogen and oxygen atoms in total. The molecular formula is C12H25N3O2. The second-order valence-electron chi connectivity index (χ2n) is 5.48. The Kier molecular flexibility index (Phi) is 4.91. The fraction of sp³-hybridized carbons (Fsp3) is 0.917. The summed E-state index contributed by atoms with van der Waals surface area (Å²) in [6.07, 6.45) is 2.08. The zero-order chi connectivity index (χ0) is 12.9. The molecule has 0 radical (unpaired) electrons. The molecule has 5 heteroatoms. The van der Waals surface area contributed by atoms with Crippen LogP contribution in [0.15, 0.2) is 0 Å². The fourth-order valence-electron chi connectivity index (χ4n) is 2.40. The molecule has 0 bridgehead atoms. The van der Waals surface area contributed by atoms with Crippen LogP contribution in [0.3, 0.4) is 0 Å². The molecule has 1 aliphatic heterocycles. The maximum Gasteiger partial charge on any atom is 0.293 e. The van der Waals surface area contributed by atoms with Crippen molar-refractivity contribution in [2.45, 2.75) is 37.8 Å². The highest BCUT2D eigenvalue weighted by Gasteiger charge is 2.33. The van der Waals surface area contributed by atoms with Gasteiger partial charge in [0.15, 0.2) is 0 Å². The summed E-state index contributed by atoms with van der Waals surface area (Å²) in [5.74, 6) is 0. The molecule has 1 rings (SSSR count). The maximum absolute atomic E-state index is 10.4. The quantitative estimate of drug-likeness (QED) is 0.640. The average molecular weight is 243 g/mol. The molecule has 0 aliphatic carbocycles. The zero-order valence-electron chi connectivity index (χ0n) is 11.2. The van der Waals surface area contributed by atoms with Gasteiger partial charge < -0.3 is 15.8 Å². The van der Waals surface area contributed by atoms with Crippen LogP contribution in [0.2, 0.25) is 0 Å². The SMILES string of the molecule is CNC1(CN)CCN(CC(C)(C)OC=O)CC1. The van der Waals surface area contributed by atoms with Crippen LogP contribution in [0.1, 0.15) is 26.7 Å². The van der Waals surface area contributed by atoms with Crippen molar-refractivity contribution in [2.24, 2.45) is 5.73 Å². The Morgan fingerprint density at radius 2 is 2.06 bits per heavy atom. The van der Waals surface area contributed by atoms with E-state index in [9.17, 15) is 4.79 Å². The van der Waals surface area contributed by atoms with Gasteiger partial charge in [0.1, 0.15) is 5.60 Å². The molecule has 1 aliphatic rings. The highest BCUT2D eigenvalue weighted by Crippen LogP contribution is 2.22. The number of hydrogen-bond donors (Lipinski definition) is 2. The van der Waals surface area contributed by atoms with Gasteiger partial charge in [-0.1, -0.05) is 0 Å². The molecule has 1 fully saturated rings. The smallest absolute Gasteiger partial charge is 0.293 e. The van der Waals surface area contributed by atoms with Crippen LogP contribution in [0.4, 0.5) is 0 Å². The van der Waals surface area contributed by atoms with E-state index in [2.05, 4.69) is 10.2 Å². The molecule has 100 valence electrons. The predicted octanol–water partition coefficient (Wildman–Crippen LogP) is -0.0493. The van der Waals surface area contributed by atoms with Crippen LogP contribution >= 0.6 is 0 Å². The number of likely N-dealkylation sites (N-methyl/N-ethyl adjacent to an activating group) is 1. The molecule has 0 aromatic carbocycles. The third-order valence-corrected chi connectivity index (χ3v) is 3.71. The largest absolute Gasteiger partial charge is 0.461 e. The molecule has 3 N–H and O–H groups in total. The van der Waals surface area contributed by atoms with Crippen LogP contribution in [-0.2, 0) is 9.53 Å². The van der Waals surface area contributed by atoms with Crippen molar-refractivity contribution in [3.05, 3.63) is 0 Å². The summed E-state index contributed by atoms with van der Waals surface area (Å²) in [5, 5.41) is 3.34. The molecule has 0 spiro atoms. The molecule has 0 aromatic heterocycles. The van der Waals surface area contributed by atoms with E-state index < -0.39 is 5.60 Å². The van der Waals surface area contributed by atoms with Crippen molar-refractivity contribution >= 4 is 6.47 Å². The van der Waals surface area contributed by atoms with Gasteiger partial charge in [0, 0.05) is 31.7 Å². The van der Waals surface area contributed by atoms with Crippen LogP contribution in [0.25, 0.3) is 0 Å². The van der Waals surface area contributed by atoms with Gasteiger partial charge in [0.25, 0.3) is 6.47 Å². The van der Waals surface area contributed by atoms with E-state index in [1.54, 1.807) is 0 Å². The van der Waals surface area contributed by atoms with Crippen molar-refractivity contribution < 1.29 is 9.53 Å². The van der Waals surface area contributed by atoms with E-state index in [1.165, 1.54) is 0 Å². The van der Waals surface area contributed by atoms with E-state index in [1.807, 2.05) is 20.9 Å². The van der Waals surface area contributed by atoms with E-state index >= 15 is 0 Å². The summed E-state index contributed by atoms with van der Waals surface area (Å²) in [6, 6.07) is 0. The fourth-order valence-corrected chi connectivity index (χ4v) is 2.40. The van der Waals surface area contributed by atoms with Crippen molar-refractivity contribution in [2.75, 3.05) is 33.2 Å². The second kappa shape index (κ2) is 5.80. The van der Waals surface area contributed by atoms with Gasteiger partial charge >= 0.3 is 0 Å². The minimum atomic E-state index is -0.413. The maximum atomic E-state index is 10.4. The summed E-state index contributed by atoms with van der Waals surface area (Å²) < 4.78 is 5.07. The first-order chi connectivity index (χ1) is 7.97. The van der Waals surface area contributed by atoms with Gasteiger partial charge in [-0.25, -0.2) is 0 Å². The predicted molar refractivity (Wildman–Crippen MR) is 67.7 cm³/mol. The standard InChI is InChI=1S/C12H25N3O2/c1-11(2,17-10-16)9-15-6-4-12(8-13,14-3)5-7-15/h10,14H,4-9,13H2,1-3H3. The van der Waals surface area contributed by atoms with Crippen molar-refractivity contribution in [3.8, 4) is 0 Å². The minimum absolute atomic E-state index is 0.0894. The highest BCUT2D eigenvalue weighted by atomic mass is 16.5. The summed E-state index contributed by atoms with van der Waals surface area (Å²) in [4.78, 5) is 12.7. The normalized spacial score (nSPS) is 21.2. The number of ether oxygens (including phenoxy) is 1. The Labute approximate surface area is 104 Å². The third-order valence-electron chi connectivity index (χ3n) is 3.71. The van der Waals surface area contributed by atoms with Crippen LogP contribution in [0.5, 0.6) is 0 Å². The lowest BCUT2D eigenvalue weighted by Crippen LogP contribution is -2.57. The molecule has 1 heterocycles. The van der Waals surface area contributed by atoms with Crippen LogP contribution < -0.4 is 11.1 Å². The lowest BCUT2D eigenvalue weighted by atomic mass is 9.87. The summed E-state index contributed by atoms with van der Waals surface area (Å²) in [6.45, 7) is 7.82. The van der Waals surface area contributed by atoms with Gasteiger partial charge in [-0.3, -0.25) is 9.69 Å². The minimum Gasteiger partial charge on any atom is -0.461 e. The average Bonchev–Trinajstić information content (AvgIpc) is 2.30. The first-order valence-corrected chi connectivity index (χ1v) is 6.20. The van der Waals surface area contributed by atoms with E-state index in [-0.39, 0.29) is 5.54 Å². The van der Waals surface area contributed by atoms with Gasteiger partial charge in [-0.2, -0.15) is 0 Å². The third kappa shape index (κ3) is 3.94. The second-order valence-corrected chi connectivity index (χ2v) is 5.48. The van der Waals surface area contributed by atoms with E-state index in [0.29, 0.717) is 13.0 Å². The Morgan fingerprint density at radius 1 is 1.47 bits per heavy atom. The Hall–Kier alpha value is -0.650. The molecule has 0 atom stereocenters. The van der Waals surface area contributed by atoms with Crippen LogP contribution in [-0.4, -0.2) is 55.7 Å². The van der Waals surface area contributed by atoms with E-state index in [4.69, 9.17) is 10.5 Å². The number of piperidine rings is 1. The molecule has 0 amide bonds. The van der Waals surface area contributed by atoms with Gasteiger partial charge in [-0.05, 0) is 33.7 Å².